The topological polar surface area (TPSA) is 75.3 Å². The summed E-state index contributed by atoms with van der Waals surface area (Å²) < 4.78 is 28.2. The zero-order valence-corrected chi connectivity index (χ0v) is 15.2. The molecule has 0 heterocycles. The van der Waals surface area contributed by atoms with Crippen molar-refractivity contribution >= 4 is 21.6 Å². The minimum absolute atomic E-state index is 0.0454. The summed E-state index contributed by atoms with van der Waals surface area (Å²) in [5, 5.41) is 2.63. The van der Waals surface area contributed by atoms with Gasteiger partial charge in [-0.1, -0.05) is 37.3 Å². The van der Waals surface area contributed by atoms with E-state index in [1.54, 1.807) is 18.2 Å². The number of sulfonamides is 1. The Bertz CT molecular complexity index is 889. The van der Waals surface area contributed by atoms with Crippen LogP contribution in [0, 0.1) is 6.92 Å². The predicted octanol–water partition coefficient (Wildman–Crippen LogP) is 3.27. The highest BCUT2D eigenvalue weighted by molar-refractivity contribution is 7.92. The molecule has 2 N–H and O–H groups in total. The number of hydrogen-bond donors (Lipinski definition) is 2. The lowest BCUT2D eigenvalue weighted by atomic mass is 10.1. The van der Waals surface area contributed by atoms with Crippen molar-refractivity contribution in [3.05, 3.63) is 71.8 Å². The zero-order valence-electron chi connectivity index (χ0n) is 14.4. The summed E-state index contributed by atoms with van der Waals surface area (Å²) in [6.07, 6.45) is 2.27. The Labute approximate surface area is 148 Å². The molecule has 1 amide bonds. The number of aryl methyl sites for hydroxylation is 2. The van der Waals surface area contributed by atoms with Gasteiger partial charge in [-0.15, -0.1) is 6.58 Å². The van der Waals surface area contributed by atoms with Gasteiger partial charge in [-0.05, 0) is 42.7 Å². The molecule has 25 heavy (non-hydrogen) atoms. The fourth-order valence-electron chi connectivity index (χ4n) is 2.43. The molecule has 0 unspecified atom stereocenters. The summed E-state index contributed by atoms with van der Waals surface area (Å²) in [6.45, 7) is 7.68. The Morgan fingerprint density at radius 2 is 1.92 bits per heavy atom. The van der Waals surface area contributed by atoms with E-state index in [2.05, 4.69) is 16.6 Å². The Morgan fingerprint density at radius 3 is 2.60 bits per heavy atom. The van der Waals surface area contributed by atoms with Gasteiger partial charge in [0.05, 0.1) is 10.6 Å². The summed E-state index contributed by atoms with van der Waals surface area (Å²) in [5.74, 6) is -0.345. The van der Waals surface area contributed by atoms with E-state index in [-0.39, 0.29) is 16.4 Å². The minimum Gasteiger partial charge on any atom is -0.349 e. The van der Waals surface area contributed by atoms with Crippen LogP contribution in [0.2, 0.25) is 0 Å². The van der Waals surface area contributed by atoms with Crippen molar-refractivity contribution in [2.24, 2.45) is 0 Å². The standard InChI is InChI=1S/C19H22N2O3S/c1-4-12-20-19(22)16-10-7-11-17(13-16)25(23,24)21-18-14(3)8-6-9-15(18)5-2/h4,6-11,13,21H,1,5,12H2,2-3H3,(H,20,22). The fourth-order valence-corrected chi connectivity index (χ4v) is 3.65. The van der Waals surface area contributed by atoms with Gasteiger partial charge in [0.15, 0.2) is 0 Å². The second-order valence-electron chi connectivity index (χ2n) is 5.59. The van der Waals surface area contributed by atoms with Crippen LogP contribution < -0.4 is 10.0 Å². The average molecular weight is 358 g/mol. The summed E-state index contributed by atoms with van der Waals surface area (Å²) in [7, 11) is -3.80. The van der Waals surface area contributed by atoms with E-state index in [1.165, 1.54) is 12.1 Å². The van der Waals surface area contributed by atoms with Gasteiger partial charge < -0.3 is 5.32 Å². The number of benzene rings is 2. The molecule has 0 aliphatic carbocycles. The third-order valence-electron chi connectivity index (χ3n) is 3.79. The lowest BCUT2D eigenvalue weighted by Gasteiger charge is -2.15. The first-order chi connectivity index (χ1) is 11.9. The summed E-state index contributed by atoms with van der Waals surface area (Å²) in [4.78, 5) is 12.1. The number of anilines is 1. The van der Waals surface area contributed by atoms with Crippen LogP contribution >= 0.6 is 0 Å². The summed E-state index contributed by atoms with van der Waals surface area (Å²) in [5.41, 5.74) is 2.64. The molecule has 0 bridgehead atoms. The molecule has 132 valence electrons. The normalized spacial score (nSPS) is 11.0. The molecule has 0 aliphatic rings. The van der Waals surface area contributed by atoms with Gasteiger partial charge in [-0.25, -0.2) is 8.42 Å². The zero-order chi connectivity index (χ0) is 18.4. The van der Waals surface area contributed by atoms with Crippen molar-refractivity contribution in [3.8, 4) is 0 Å². The molecule has 5 nitrogen and oxygen atoms in total. The first-order valence-corrected chi connectivity index (χ1v) is 9.47. The Kier molecular flexibility index (Phi) is 5.98. The van der Waals surface area contributed by atoms with Crippen LogP contribution in [-0.4, -0.2) is 20.9 Å². The van der Waals surface area contributed by atoms with Gasteiger partial charge in [0, 0.05) is 12.1 Å². The molecular weight excluding hydrogens is 336 g/mol. The average Bonchev–Trinajstić information content (AvgIpc) is 2.61. The van der Waals surface area contributed by atoms with Gasteiger partial charge in [0.1, 0.15) is 0 Å². The van der Waals surface area contributed by atoms with E-state index in [0.717, 1.165) is 11.1 Å². The van der Waals surface area contributed by atoms with Gasteiger partial charge in [-0.2, -0.15) is 0 Å². The molecule has 2 rings (SSSR count). The van der Waals surface area contributed by atoms with Crippen LogP contribution in [0.4, 0.5) is 5.69 Å². The summed E-state index contributed by atoms with van der Waals surface area (Å²) >= 11 is 0. The van der Waals surface area contributed by atoms with E-state index in [1.807, 2.05) is 32.0 Å². The number of para-hydroxylation sites is 1. The van der Waals surface area contributed by atoms with Crippen molar-refractivity contribution in [1.82, 2.24) is 5.32 Å². The van der Waals surface area contributed by atoms with E-state index >= 15 is 0 Å². The monoisotopic (exact) mass is 358 g/mol. The molecule has 2 aromatic rings. The highest BCUT2D eigenvalue weighted by Crippen LogP contribution is 2.25. The Morgan fingerprint density at radius 1 is 1.20 bits per heavy atom. The fraction of sp³-hybridized carbons (Fsp3) is 0.211. The number of carbonyl (C=O) groups excluding carboxylic acids is 1. The van der Waals surface area contributed by atoms with Crippen molar-refractivity contribution in [2.75, 3.05) is 11.3 Å². The molecule has 6 heteroatoms. The molecule has 0 fully saturated rings. The van der Waals surface area contributed by atoms with Crippen LogP contribution in [0.5, 0.6) is 0 Å². The first-order valence-electron chi connectivity index (χ1n) is 7.99. The van der Waals surface area contributed by atoms with Crippen molar-refractivity contribution < 1.29 is 13.2 Å². The van der Waals surface area contributed by atoms with Gasteiger partial charge in [0.2, 0.25) is 0 Å². The molecular formula is C19H22N2O3S. The summed E-state index contributed by atoms with van der Waals surface area (Å²) in [6, 6.07) is 11.6. The molecule has 0 radical (unpaired) electrons. The highest BCUT2D eigenvalue weighted by Gasteiger charge is 2.18. The second-order valence-corrected chi connectivity index (χ2v) is 7.28. The van der Waals surface area contributed by atoms with Crippen molar-refractivity contribution in [3.63, 3.8) is 0 Å². The van der Waals surface area contributed by atoms with Crippen LogP contribution in [0.25, 0.3) is 0 Å². The third kappa shape index (κ3) is 4.48. The molecule has 2 aromatic carbocycles. The first kappa shape index (κ1) is 18.7. The molecule has 0 saturated heterocycles. The van der Waals surface area contributed by atoms with E-state index in [9.17, 15) is 13.2 Å². The van der Waals surface area contributed by atoms with E-state index in [0.29, 0.717) is 18.7 Å². The van der Waals surface area contributed by atoms with Crippen LogP contribution in [-0.2, 0) is 16.4 Å². The van der Waals surface area contributed by atoms with Crippen molar-refractivity contribution in [2.45, 2.75) is 25.2 Å². The molecule has 0 saturated carbocycles. The lowest BCUT2D eigenvalue weighted by molar-refractivity contribution is 0.0958. The predicted molar refractivity (Wildman–Crippen MR) is 100 cm³/mol. The van der Waals surface area contributed by atoms with E-state index in [4.69, 9.17) is 0 Å². The number of carbonyl (C=O) groups is 1. The SMILES string of the molecule is C=CCNC(=O)c1cccc(S(=O)(=O)Nc2c(C)cccc2CC)c1. The minimum atomic E-state index is -3.80. The van der Waals surface area contributed by atoms with Crippen LogP contribution in [0.3, 0.4) is 0 Å². The van der Waals surface area contributed by atoms with Crippen molar-refractivity contribution in [1.29, 1.82) is 0 Å². The van der Waals surface area contributed by atoms with Gasteiger partial charge in [-0.3, -0.25) is 9.52 Å². The number of nitrogens with one attached hydrogen (secondary N) is 2. The lowest BCUT2D eigenvalue weighted by Crippen LogP contribution is -2.23. The largest absolute Gasteiger partial charge is 0.349 e. The van der Waals surface area contributed by atoms with Crippen LogP contribution in [0.1, 0.15) is 28.4 Å². The smallest absolute Gasteiger partial charge is 0.261 e. The quantitative estimate of drug-likeness (QED) is 0.746. The second kappa shape index (κ2) is 7.98. The van der Waals surface area contributed by atoms with Gasteiger partial charge >= 0.3 is 0 Å². The molecule has 0 atom stereocenters. The Balaban J connectivity index is 2.35. The number of amides is 1. The van der Waals surface area contributed by atoms with Gasteiger partial charge in [0.25, 0.3) is 15.9 Å². The maximum Gasteiger partial charge on any atom is 0.261 e. The Hall–Kier alpha value is -2.60. The molecule has 0 aromatic heterocycles. The molecule has 0 aliphatic heterocycles. The third-order valence-corrected chi connectivity index (χ3v) is 5.14. The highest BCUT2D eigenvalue weighted by atomic mass is 32.2. The van der Waals surface area contributed by atoms with Crippen LogP contribution in [0.15, 0.2) is 60.0 Å². The maximum atomic E-state index is 12.8. The maximum absolute atomic E-state index is 12.8. The number of rotatable bonds is 7. The number of hydrogen-bond acceptors (Lipinski definition) is 3. The van der Waals surface area contributed by atoms with E-state index < -0.39 is 10.0 Å². The molecule has 0 spiro atoms.